The highest BCUT2D eigenvalue weighted by Gasteiger charge is 2.37. The summed E-state index contributed by atoms with van der Waals surface area (Å²) in [4.78, 5) is 4.35. The fraction of sp³-hybridized carbons (Fsp3) is 0.581. The lowest BCUT2D eigenvalue weighted by molar-refractivity contribution is 0.415. The minimum absolute atomic E-state index is 0.0123. The number of aliphatic imine (C=N–C) groups is 1. The molecule has 0 bridgehead atoms. The largest absolute Gasteiger partial charge is 0.507 e. The molecular weight excluding hydrogens is 433 g/mol. The Hall–Kier alpha value is -1.66. The van der Waals surface area contributed by atoms with Gasteiger partial charge in [0, 0.05) is 24.0 Å². The van der Waals surface area contributed by atoms with E-state index in [1.807, 2.05) is 13.3 Å². The second-order valence-electron chi connectivity index (χ2n) is 11.9. The van der Waals surface area contributed by atoms with E-state index in [0.717, 1.165) is 24.0 Å². The fourth-order valence-electron chi connectivity index (χ4n) is 4.70. The highest BCUT2D eigenvalue weighted by molar-refractivity contribution is 7.48. The number of phenols is 1. The zero-order valence-electron chi connectivity index (χ0n) is 23.4. The van der Waals surface area contributed by atoms with Crippen molar-refractivity contribution >= 4 is 20.1 Å². The summed E-state index contributed by atoms with van der Waals surface area (Å²) in [7, 11) is 2.41. The molecule has 0 aliphatic rings. The van der Waals surface area contributed by atoms with Crippen molar-refractivity contribution in [2.75, 3.05) is 7.05 Å². The summed E-state index contributed by atoms with van der Waals surface area (Å²) in [6.07, 6.45) is 7.66. The van der Waals surface area contributed by atoms with Crippen LogP contribution in [-0.4, -0.2) is 18.4 Å². The van der Waals surface area contributed by atoms with Gasteiger partial charge in [-0.1, -0.05) is 113 Å². The molecule has 0 saturated carbocycles. The highest BCUT2D eigenvalue weighted by atomic mass is 31.1. The molecule has 0 aromatic heterocycles. The minimum atomic E-state index is -0.129. The molecular formula is C31H48NOP. The number of hydrogen-bond acceptors (Lipinski definition) is 2. The number of phenolic OH excluding ortho intramolecular Hbond substituents is 1. The van der Waals surface area contributed by atoms with Crippen LogP contribution in [0.15, 0.2) is 35.3 Å². The second-order valence-corrected chi connectivity index (χ2v) is 13.7. The molecule has 0 fully saturated rings. The monoisotopic (exact) mass is 481 g/mol. The summed E-state index contributed by atoms with van der Waals surface area (Å²) in [5.41, 5.74) is 5.85. The van der Waals surface area contributed by atoms with Crippen LogP contribution in [-0.2, 0) is 16.0 Å². The summed E-state index contributed by atoms with van der Waals surface area (Å²) in [5, 5.41) is 13.0. The van der Waals surface area contributed by atoms with Gasteiger partial charge < -0.3 is 5.11 Å². The van der Waals surface area contributed by atoms with Crippen LogP contribution in [0.2, 0.25) is 0 Å². The molecule has 1 N–H and O–H groups in total. The average molecular weight is 482 g/mol. The molecule has 2 nitrogen and oxygen atoms in total. The molecule has 0 aliphatic carbocycles. The van der Waals surface area contributed by atoms with Gasteiger partial charge >= 0.3 is 0 Å². The molecule has 0 amide bonds. The number of benzene rings is 2. The Morgan fingerprint density at radius 1 is 0.912 bits per heavy atom. The van der Waals surface area contributed by atoms with Crippen molar-refractivity contribution in [2.24, 2.45) is 4.99 Å². The van der Waals surface area contributed by atoms with Crippen LogP contribution < -0.4 is 5.30 Å². The summed E-state index contributed by atoms with van der Waals surface area (Å²) in [6, 6.07) is 11.3. The van der Waals surface area contributed by atoms with Crippen LogP contribution in [0.5, 0.6) is 5.75 Å². The van der Waals surface area contributed by atoms with Gasteiger partial charge in [-0.3, -0.25) is 4.99 Å². The van der Waals surface area contributed by atoms with Gasteiger partial charge in [0.1, 0.15) is 5.75 Å². The Kier molecular flexibility index (Phi) is 9.57. The quantitative estimate of drug-likeness (QED) is 0.217. The van der Waals surface area contributed by atoms with E-state index in [1.165, 1.54) is 41.3 Å². The van der Waals surface area contributed by atoms with Crippen molar-refractivity contribution in [3.05, 3.63) is 58.1 Å². The third-order valence-corrected chi connectivity index (χ3v) is 9.04. The smallest absolute Gasteiger partial charge is 0.123 e. The standard InChI is InChI=1S/C31H48NOP/c1-11-13-14-17-31(12-2,34-27-16-15-22(3)18-23(27)21-32-10)26-20-24(29(4,5)6)19-25(28(26)33)30(7,8)9/h15-16,18-21,33-34H,11-14,17H2,1-10H3/b32-21+. The van der Waals surface area contributed by atoms with Crippen molar-refractivity contribution in [1.82, 2.24) is 0 Å². The number of hydrogen-bond donors (Lipinski definition) is 1. The first-order valence-corrected chi connectivity index (χ1v) is 14.0. The first-order chi connectivity index (χ1) is 15.8. The molecule has 3 heteroatoms. The Morgan fingerprint density at radius 2 is 1.56 bits per heavy atom. The first kappa shape index (κ1) is 28.6. The molecule has 0 aliphatic heterocycles. The minimum Gasteiger partial charge on any atom is -0.507 e. The SMILES string of the molecule is CCCCCC(CC)(Pc1ccc(C)cc1/C=N/C)c1cc(C(C)(C)C)cc(C(C)(C)C)c1O. The van der Waals surface area contributed by atoms with E-state index < -0.39 is 0 Å². The van der Waals surface area contributed by atoms with Gasteiger partial charge in [0.25, 0.3) is 0 Å². The maximum atomic E-state index is 11.8. The lowest BCUT2D eigenvalue weighted by Crippen LogP contribution is -2.27. The number of aryl methyl sites for hydroxylation is 1. The normalized spacial score (nSPS) is 14.9. The van der Waals surface area contributed by atoms with Crippen molar-refractivity contribution in [2.45, 2.75) is 110 Å². The summed E-state index contributed by atoms with van der Waals surface area (Å²) >= 11 is 0. The first-order valence-electron chi connectivity index (χ1n) is 13.0. The maximum Gasteiger partial charge on any atom is 0.123 e. The zero-order chi connectivity index (χ0) is 25.7. The Balaban J connectivity index is 2.83. The van der Waals surface area contributed by atoms with Crippen LogP contribution >= 0.6 is 8.58 Å². The summed E-state index contributed by atoms with van der Waals surface area (Å²) in [6.45, 7) is 20.2. The summed E-state index contributed by atoms with van der Waals surface area (Å²) < 4.78 is 0. The van der Waals surface area contributed by atoms with Crippen molar-refractivity contribution in [1.29, 1.82) is 0 Å². The van der Waals surface area contributed by atoms with E-state index in [4.69, 9.17) is 0 Å². The lowest BCUT2D eigenvalue weighted by Gasteiger charge is -2.38. The molecule has 2 rings (SSSR count). The number of rotatable bonds is 9. The predicted molar refractivity (Wildman–Crippen MR) is 154 cm³/mol. The van der Waals surface area contributed by atoms with E-state index in [2.05, 4.69) is 97.6 Å². The van der Waals surface area contributed by atoms with Gasteiger partial charge in [0.2, 0.25) is 0 Å². The van der Waals surface area contributed by atoms with Gasteiger partial charge in [-0.2, -0.15) is 0 Å². The lowest BCUT2D eigenvalue weighted by atomic mass is 9.76. The van der Waals surface area contributed by atoms with Crippen LogP contribution in [0, 0.1) is 6.92 Å². The van der Waals surface area contributed by atoms with Crippen LogP contribution in [0.25, 0.3) is 0 Å². The Bertz CT molecular complexity index is 994. The topological polar surface area (TPSA) is 32.6 Å². The van der Waals surface area contributed by atoms with Crippen LogP contribution in [0.1, 0.15) is 115 Å². The number of aromatic hydroxyl groups is 1. The highest BCUT2D eigenvalue weighted by Crippen LogP contribution is 2.53. The third-order valence-electron chi connectivity index (χ3n) is 6.96. The van der Waals surface area contributed by atoms with E-state index >= 15 is 0 Å². The van der Waals surface area contributed by atoms with Crippen molar-refractivity contribution in [3.8, 4) is 5.75 Å². The van der Waals surface area contributed by atoms with E-state index in [-0.39, 0.29) is 16.0 Å². The van der Waals surface area contributed by atoms with Gasteiger partial charge in [-0.25, -0.2) is 0 Å². The van der Waals surface area contributed by atoms with Crippen molar-refractivity contribution in [3.63, 3.8) is 0 Å². The Labute approximate surface area is 211 Å². The molecule has 2 aromatic carbocycles. The number of unbranched alkanes of at least 4 members (excludes halogenated alkanes) is 2. The second kappa shape index (κ2) is 11.4. The van der Waals surface area contributed by atoms with Gasteiger partial charge in [0.05, 0.1) is 0 Å². The summed E-state index contributed by atoms with van der Waals surface area (Å²) in [5.74, 6) is 0.504. The van der Waals surface area contributed by atoms with E-state index in [1.54, 1.807) is 0 Å². The molecule has 0 saturated heterocycles. The van der Waals surface area contributed by atoms with Crippen LogP contribution in [0.4, 0.5) is 0 Å². The van der Waals surface area contributed by atoms with Gasteiger partial charge in [0.15, 0.2) is 0 Å². The van der Waals surface area contributed by atoms with Crippen molar-refractivity contribution < 1.29 is 5.11 Å². The molecule has 34 heavy (non-hydrogen) atoms. The Morgan fingerprint density at radius 3 is 2.09 bits per heavy atom. The van der Waals surface area contributed by atoms with Gasteiger partial charge in [-0.05, 0) is 58.7 Å². The van der Waals surface area contributed by atoms with Crippen LogP contribution in [0.3, 0.4) is 0 Å². The molecule has 0 spiro atoms. The van der Waals surface area contributed by atoms with E-state index in [0.29, 0.717) is 14.3 Å². The van der Waals surface area contributed by atoms with E-state index in [9.17, 15) is 5.11 Å². The van der Waals surface area contributed by atoms with Gasteiger partial charge in [-0.15, -0.1) is 0 Å². The fourth-order valence-corrected chi connectivity index (χ4v) is 6.47. The third kappa shape index (κ3) is 6.72. The molecule has 2 aromatic rings. The predicted octanol–water partition coefficient (Wildman–Crippen LogP) is 8.53. The molecule has 2 unspecified atom stereocenters. The molecule has 0 heterocycles. The maximum absolute atomic E-state index is 11.8. The molecule has 2 atom stereocenters. The zero-order valence-corrected chi connectivity index (χ0v) is 24.4. The average Bonchev–Trinajstić information content (AvgIpc) is 2.73. The molecule has 188 valence electrons. The number of nitrogens with zero attached hydrogens (tertiary/aromatic N) is 1. The molecule has 0 radical (unpaired) electrons.